The maximum atomic E-state index is 13.9. The number of hydrogen-bond donors (Lipinski definition) is 0. The molecule has 3 aromatic rings. The lowest BCUT2D eigenvalue weighted by Gasteiger charge is -2.34. The Morgan fingerprint density at radius 3 is 2.38 bits per heavy atom. The van der Waals surface area contributed by atoms with Crippen molar-refractivity contribution in [2.75, 3.05) is 45.3 Å². The number of ether oxygens (including phenoxy) is 2. The van der Waals surface area contributed by atoms with Crippen molar-refractivity contribution in [2.24, 2.45) is 0 Å². The van der Waals surface area contributed by atoms with Crippen molar-refractivity contribution in [3.05, 3.63) is 47.5 Å². The molecule has 9 heteroatoms. The van der Waals surface area contributed by atoms with Crippen LogP contribution in [0.4, 0.5) is 13.9 Å². The second-order valence-electron chi connectivity index (χ2n) is 6.55. The summed E-state index contributed by atoms with van der Waals surface area (Å²) in [7, 11) is 3.21. The topological polar surface area (TPSA) is 54.9 Å². The number of hydrogen-bond acceptors (Lipinski definition) is 6. The quantitative estimate of drug-likeness (QED) is 0.647. The molecule has 6 nitrogen and oxygen atoms in total. The molecule has 4 rings (SSSR count). The van der Waals surface area contributed by atoms with Gasteiger partial charge in [0.2, 0.25) is 0 Å². The highest BCUT2D eigenvalue weighted by Gasteiger charge is 2.26. The van der Waals surface area contributed by atoms with E-state index in [1.165, 1.54) is 17.4 Å². The van der Waals surface area contributed by atoms with Gasteiger partial charge in [-0.2, -0.15) is 0 Å². The Kier molecular flexibility index (Phi) is 5.23. The molecule has 1 saturated heterocycles. The van der Waals surface area contributed by atoms with Crippen molar-refractivity contribution in [1.29, 1.82) is 0 Å². The van der Waals surface area contributed by atoms with Gasteiger partial charge in [0.1, 0.15) is 33.4 Å². The van der Waals surface area contributed by atoms with E-state index in [0.29, 0.717) is 31.9 Å². The van der Waals surface area contributed by atoms with Crippen LogP contribution in [0.5, 0.6) is 11.5 Å². The first-order valence-corrected chi connectivity index (χ1v) is 9.84. The van der Waals surface area contributed by atoms with Crippen LogP contribution < -0.4 is 14.4 Å². The molecule has 152 valence electrons. The highest BCUT2D eigenvalue weighted by molar-refractivity contribution is 7.22. The summed E-state index contributed by atoms with van der Waals surface area (Å²) in [5.41, 5.74) is 0.619. The van der Waals surface area contributed by atoms with Crippen LogP contribution >= 0.6 is 11.3 Å². The lowest BCUT2D eigenvalue weighted by atomic mass is 10.1. The standard InChI is InChI=1S/C20H19F2N3O3S/c1-27-15-5-6-16(28-2)18-17(15)23-20(29-18)25-9-7-24(8-10-25)19(26)13-4-3-12(21)11-14(13)22/h3-6,11H,7-10H2,1-2H3. The first-order valence-electron chi connectivity index (χ1n) is 9.02. The fraction of sp³-hybridized carbons (Fsp3) is 0.300. The van der Waals surface area contributed by atoms with E-state index < -0.39 is 17.5 Å². The maximum Gasteiger partial charge on any atom is 0.256 e. The minimum atomic E-state index is -0.845. The summed E-state index contributed by atoms with van der Waals surface area (Å²) in [6, 6.07) is 6.67. The Bertz CT molecular complexity index is 1020. The number of carbonyl (C=O) groups excluding carboxylic acids is 1. The number of methoxy groups -OCH3 is 2. The van der Waals surface area contributed by atoms with Crippen LogP contribution in [0.25, 0.3) is 10.2 Å². The molecule has 2 heterocycles. The first kappa shape index (κ1) is 19.4. The van der Waals surface area contributed by atoms with Crippen molar-refractivity contribution in [3.8, 4) is 11.5 Å². The lowest BCUT2D eigenvalue weighted by Crippen LogP contribution is -2.49. The number of aromatic nitrogens is 1. The summed E-state index contributed by atoms with van der Waals surface area (Å²) >= 11 is 1.50. The highest BCUT2D eigenvalue weighted by atomic mass is 32.1. The Morgan fingerprint density at radius 1 is 1.03 bits per heavy atom. The zero-order valence-electron chi connectivity index (χ0n) is 15.9. The van der Waals surface area contributed by atoms with Crippen molar-refractivity contribution in [2.45, 2.75) is 0 Å². The molecule has 29 heavy (non-hydrogen) atoms. The minimum absolute atomic E-state index is 0.116. The molecule has 0 N–H and O–H groups in total. The van der Waals surface area contributed by atoms with Gasteiger partial charge in [-0.3, -0.25) is 4.79 Å². The number of piperazine rings is 1. The van der Waals surface area contributed by atoms with Crippen molar-refractivity contribution < 1.29 is 23.0 Å². The molecule has 0 bridgehead atoms. The molecule has 0 spiro atoms. The van der Waals surface area contributed by atoms with Crippen LogP contribution in [-0.4, -0.2) is 56.2 Å². The van der Waals surface area contributed by atoms with E-state index >= 15 is 0 Å². The number of thiazole rings is 1. The second kappa shape index (κ2) is 7.82. The maximum absolute atomic E-state index is 13.9. The molecule has 1 aromatic heterocycles. The molecule has 1 fully saturated rings. The summed E-state index contributed by atoms with van der Waals surface area (Å²) in [4.78, 5) is 20.9. The number of anilines is 1. The van der Waals surface area contributed by atoms with Crippen LogP contribution in [-0.2, 0) is 0 Å². The number of nitrogens with zero attached hydrogens (tertiary/aromatic N) is 3. The van der Waals surface area contributed by atoms with Gasteiger partial charge in [0.25, 0.3) is 5.91 Å². The zero-order chi connectivity index (χ0) is 20.5. The summed E-state index contributed by atoms with van der Waals surface area (Å²) in [6.45, 7) is 1.94. The fourth-order valence-corrected chi connectivity index (χ4v) is 4.47. The Balaban J connectivity index is 1.52. The summed E-state index contributed by atoms with van der Waals surface area (Å²) < 4.78 is 38.7. The summed E-state index contributed by atoms with van der Waals surface area (Å²) in [6.07, 6.45) is 0. The van der Waals surface area contributed by atoms with Gasteiger partial charge in [0.15, 0.2) is 5.13 Å². The van der Waals surface area contributed by atoms with Crippen molar-refractivity contribution in [3.63, 3.8) is 0 Å². The third-order valence-electron chi connectivity index (χ3n) is 4.90. The molecule has 1 aliphatic rings. The number of carbonyl (C=O) groups is 1. The molecular formula is C20H19F2N3O3S. The van der Waals surface area contributed by atoms with Crippen LogP contribution in [0.1, 0.15) is 10.4 Å². The van der Waals surface area contributed by atoms with Gasteiger partial charge in [-0.05, 0) is 24.3 Å². The number of halogens is 2. The minimum Gasteiger partial charge on any atom is -0.495 e. The predicted molar refractivity (Wildman–Crippen MR) is 107 cm³/mol. The van der Waals surface area contributed by atoms with E-state index in [0.717, 1.165) is 33.2 Å². The van der Waals surface area contributed by atoms with Gasteiger partial charge in [-0.1, -0.05) is 11.3 Å². The molecular weight excluding hydrogens is 400 g/mol. The van der Waals surface area contributed by atoms with E-state index in [2.05, 4.69) is 4.90 Å². The second-order valence-corrected chi connectivity index (χ2v) is 7.53. The summed E-state index contributed by atoms with van der Waals surface area (Å²) in [5.74, 6) is -0.586. The number of benzene rings is 2. The molecule has 1 aliphatic heterocycles. The van der Waals surface area contributed by atoms with Crippen LogP contribution in [0, 0.1) is 11.6 Å². The Labute approximate surface area is 170 Å². The molecule has 0 atom stereocenters. The van der Waals surface area contributed by atoms with Gasteiger partial charge in [0, 0.05) is 32.2 Å². The average molecular weight is 419 g/mol. The Morgan fingerprint density at radius 2 is 1.72 bits per heavy atom. The van der Waals surface area contributed by atoms with E-state index in [9.17, 15) is 13.6 Å². The molecule has 0 aliphatic carbocycles. The van der Waals surface area contributed by atoms with Crippen LogP contribution in [0.2, 0.25) is 0 Å². The first-order chi connectivity index (χ1) is 14.0. The van der Waals surface area contributed by atoms with E-state index in [1.54, 1.807) is 19.1 Å². The normalized spacial score (nSPS) is 14.3. The average Bonchev–Trinajstić information content (AvgIpc) is 3.18. The van der Waals surface area contributed by atoms with E-state index in [-0.39, 0.29) is 5.56 Å². The van der Waals surface area contributed by atoms with Crippen LogP contribution in [0.15, 0.2) is 30.3 Å². The molecule has 0 radical (unpaired) electrons. The van der Waals surface area contributed by atoms with Gasteiger partial charge in [0.05, 0.1) is 19.8 Å². The third-order valence-corrected chi connectivity index (χ3v) is 6.03. The Hall–Kier alpha value is -2.94. The van der Waals surface area contributed by atoms with E-state index in [4.69, 9.17) is 14.5 Å². The van der Waals surface area contributed by atoms with E-state index in [1.807, 2.05) is 12.1 Å². The van der Waals surface area contributed by atoms with Crippen LogP contribution in [0.3, 0.4) is 0 Å². The molecule has 1 amide bonds. The molecule has 2 aromatic carbocycles. The third kappa shape index (κ3) is 3.57. The van der Waals surface area contributed by atoms with Gasteiger partial charge in [-0.15, -0.1) is 0 Å². The summed E-state index contributed by atoms with van der Waals surface area (Å²) in [5, 5.41) is 0.808. The molecule has 0 unspecified atom stereocenters. The van der Waals surface area contributed by atoms with Gasteiger partial charge >= 0.3 is 0 Å². The molecule has 0 saturated carbocycles. The number of rotatable bonds is 4. The van der Waals surface area contributed by atoms with Crippen molar-refractivity contribution in [1.82, 2.24) is 9.88 Å². The lowest BCUT2D eigenvalue weighted by molar-refractivity contribution is 0.0742. The predicted octanol–water partition coefficient (Wildman–Crippen LogP) is 3.55. The smallest absolute Gasteiger partial charge is 0.256 e. The SMILES string of the molecule is COc1ccc(OC)c2sc(N3CCN(C(=O)c4ccc(F)cc4F)CC3)nc12. The fourth-order valence-electron chi connectivity index (χ4n) is 3.34. The zero-order valence-corrected chi connectivity index (χ0v) is 16.8. The largest absolute Gasteiger partial charge is 0.495 e. The van der Waals surface area contributed by atoms with Gasteiger partial charge < -0.3 is 19.3 Å². The number of amides is 1. The van der Waals surface area contributed by atoms with Crippen molar-refractivity contribution >= 4 is 32.6 Å². The number of fused-ring (bicyclic) bond motifs is 1. The highest BCUT2D eigenvalue weighted by Crippen LogP contribution is 2.40. The van der Waals surface area contributed by atoms with Gasteiger partial charge in [-0.25, -0.2) is 13.8 Å². The monoisotopic (exact) mass is 419 g/mol.